The van der Waals surface area contributed by atoms with E-state index in [-0.39, 0.29) is 17.4 Å². The molecule has 0 spiro atoms. The van der Waals surface area contributed by atoms with Crippen LogP contribution in [0.25, 0.3) is 0 Å². The van der Waals surface area contributed by atoms with Crippen molar-refractivity contribution >= 4 is 5.91 Å². The maximum absolute atomic E-state index is 11.8. The average molecular weight is 235 g/mol. The van der Waals surface area contributed by atoms with E-state index in [1.165, 1.54) is 12.1 Å². The molecule has 2 N–H and O–H groups in total. The second-order valence-corrected chi connectivity index (χ2v) is 4.41. The summed E-state index contributed by atoms with van der Waals surface area (Å²) in [5.41, 5.74) is 0.868. The average Bonchev–Trinajstić information content (AvgIpc) is 2.84. The van der Waals surface area contributed by atoms with Crippen LogP contribution in [-0.2, 0) is 11.2 Å². The van der Waals surface area contributed by atoms with E-state index in [4.69, 9.17) is 5.11 Å². The summed E-state index contributed by atoms with van der Waals surface area (Å²) >= 11 is 0. The number of hydrogen-bond acceptors (Lipinski definition) is 3. The first-order valence-corrected chi connectivity index (χ1v) is 5.95. The highest BCUT2D eigenvalue weighted by Gasteiger charge is 2.17. The molecule has 1 fully saturated rings. The highest BCUT2D eigenvalue weighted by Crippen LogP contribution is 2.25. The number of carbonyl (C=O) groups excluding carboxylic acids is 1. The van der Waals surface area contributed by atoms with Crippen molar-refractivity contribution in [3.63, 3.8) is 0 Å². The lowest BCUT2D eigenvalue weighted by Crippen LogP contribution is -2.27. The standard InChI is InChI=1S/C13H17NO3/c15-11-5-3-10(9-12(11)16)4-6-13(17)14-7-1-2-8-14/h3,5,9,15-16H,1-2,4,6-8H2. The van der Waals surface area contributed by atoms with Crippen LogP contribution in [0.15, 0.2) is 18.2 Å². The van der Waals surface area contributed by atoms with Crippen LogP contribution in [0.2, 0.25) is 0 Å². The molecule has 0 radical (unpaired) electrons. The molecule has 0 aromatic heterocycles. The molecule has 1 heterocycles. The van der Waals surface area contributed by atoms with Crippen molar-refractivity contribution in [3.8, 4) is 11.5 Å². The first-order valence-electron chi connectivity index (χ1n) is 5.95. The van der Waals surface area contributed by atoms with Gasteiger partial charge in [-0.05, 0) is 37.0 Å². The van der Waals surface area contributed by atoms with E-state index in [0.717, 1.165) is 31.5 Å². The first-order chi connectivity index (χ1) is 8.16. The van der Waals surface area contributed by atoms with Crippen molar-refractivity contribution in [2.45, 2.75) is 25.7 Å². The Labute approximate surface area is 100 Å². The third-order valence-corrected chi connectivity index (χ3v) is 3.13. The number of carbonyl (C=O) groups is 1. The Morgan fingerprint density at radius 1 is 1.18 bits per heavy atom. The fraction of sp³-hybridized carbons (Fsp3) is 0.462. The van der Waals surface area contributed by atoms with Crippen LogP contribution in [0.4, 0.5) is 0 Å². The lowest BCUT2D eigenvalue weighted by molar-refractivity contribution is -0.130. The number of benzene rings is 1. The van der Waals surface area contributed by atoms with Gasteiger partial charge in [-0.2, -0.15) is 0 Å². The van der Waals surface area contributed by atoms with Crippen molar-refractivity contribution < 1.29 is 15.0 Å². The molecular formula is C13H17NO3. The molecule has 1 aliphatic rings. The summed E-state index contributed by atoms with van der Waals surface area (Å²) in [4.78, 5) is 13.7. The smallest absolute Gasteiger partial charge is 0.222 e. The lowest BCUT2D eigenvalue weighted by Gasteiger charge is -2.14. The molecule has 0 aliphatic carbocycles. The monoisotopic (exact) mass is 235 g/mol. The number of hydrogen-bond donors (Lipinski definition) is 2. The van der Waals surface area contributed by atoms with Gasteiger partial charge in [-0.15, -0.1) is 0 Å². The molecule has 1 aliphatic heterocycles. The second kappa shape index (κ2) is 5.08. The van der Waals surface area contributed by atoms with Gasteiger partial charge in [0.05, 0.1) is 0 Å². The molecule has 1 aromatic rings. The highest BCUT2D eigenvalue weighted by molar-refractivity contribution is 5.76. The number of likely N-dealkylation sites (tertiary alicyclic amines) is 1. The van der Waals surface area contributed by atoms with Gasteiger partial charge in [0.25, 0.3) is 0 Å². The van der Waals surface area contributed by atoms with Crippen molar-refractivity contribution in [3.05, 3.63) is 23.8 Å². The number of aromatic hydroxyl groups is 2. The number of nitrogens with zero attached hydrogens (tertiary/aromatic N) is 1. The third-order valence-electron chi connectivity index (χ3n) is 3.13. The van der Waals surface area contributed by atoms with E-state index in [2.05, 4.69) is 0 Å². The van der Waals surface area contributed by atoms with Crippen LogP contribution in [-0.4, -0.2) is 34.1 Å². The van der Waals surface area contributed by atoms with Gasteiger partial charge in [-0.1, -0.05) is 6.07 Å². The van der Waals surface area contributed by atoms with E-state index in [0.29, 0.717) is 12.8 Å². The molecule has 0 saturated carbocycles. The topological polar surface area (TPSA) is 60.8 Å². The molecule has 4 nitrogen and oxygen atoms in total. The number of phenols is 2. The van der Waals surface area contributed by atoms with Gasteiger partial charge in [0.1, 0.15) is 0 Å². The largest absolute Gasteiger partial charge is 0.504 e. The molecular weight excluding hydrogens is 218 g/mol. The van der Waals surface area contributed by atoms with Gasteiger partial charge in [-0.25, -0.2) is 0 Å². The molecule has 1 aromatic carbocycles. The second-order valence-electron chi connectivity index (χ2n) is 4.41. The summed E-state index contributed by atoms with van der Waals surface area (Å²) in [6, 6.07) is 4.68. The van der Waals surface area contributed by atoms with Gasteiger partial charge in [-0.3, -0.25) is 4.79 Å². The van der Waals surface area contributed by atoms with E-state index in [1.54, 1.807) is 6.07 Å². The Morgan fingerprint density at radius 2 is 1.88 bits per heavy atom. The van der Waals surface area contributed by atoms with E-state index in [1.807, 2.05) is 4.90 Å². The molecule has 92 valence electrons. The summed E-state index contributed by atoms with van der Waals surface area (Å²) in [6.07, 6.45) is 3.27. The van der Waals surface area contributed by atoms with Crippen molar-refractivity contribution in [1.29, 1.82) is 0 Å². The minimum atomic E-state index is -0.129. The van der Waals surface area contributed by atoms with Crippen LogP contribution >= 0.6 is 0 Å². The summed E-state index contributed by atoms with van der Waals surface area (Å²) in [5.74, 6) is -0.0780. The zero-order valence-corrected chi connectivity index (χ0v) is 9.72. The fourth-order valence-corrected chi connectivity index (χ4v) is 2.10. The summed E-state index contributed by atoms with van der Waals surface area (Å²) in [5, 5.41) is 18.5. The van der Waals surface area contributed by atoms with Crippen LogP contribution in [0.3, 0.4) is 0 Å². The Morgan fingerprint density at radius 3 is 2.53 bits per heavy atom. The third kappa shape index (κ3) is 2.90. The van der Waals surface area contributed by atoms with E-state index < -0.39 is 0 Å². The molecule has 0 unspecified atom stereocenters. The van der Waals surface area contributed by atoms with Crippen LogP contribution < -0.4 is 0 Å². The zero-order valence-electron chi connectivity index (χ0n) is 9.72. The van der Waals surface area contributed by atoms with Crippen LogP contribution in [0.1, 0.15) is 24.8 Å². The van der Waals surface area contributed by atoms with Crippen molar-refractivity contribution in [2.75, 3.05) is 13.1 Å². The Kier molecular flexibility index (Phi) is 3.52. The maximum Gasteiger partial charge on any atom is 0.222 e. The van der Waals surface area contributed by atoms with Gasteiger partial charge in [0.2, 0.25) is 5.91 Å². The number of aryl methyl sites for hydroxylation is 1. The maximum atomic E-state index is 11.8. The quantitative estimate of drug-likeness (QED) is 0.783. The normalized spacial score (nSPS) is 15.2. The first kappa shape index (κ1) is 11.8. The van der Waals surface area contributed by atoms with Crippen molar-refractivity contribution in [2.24, 2.45) is 0 Å². The molecule has 0 bridgehead atoms. The van der Waals surface area contributed by atoms with Gasteiger partial charge in [0, 0.05) is 19.5 Å². The number of amides is 1. The van der Waals surface area contributed by atoms with Gasteiger partial charge in [0.15, 0.2) is 11.5 Å². The minimum absolute atomic E-state index is 0.125. The molecule has 17 heavy (non-hydrogen) atoms. The lowest BCUT2D eigenvalue weighted by atomic mass is 10.1. The molecule has 4 heteroatoms. The molecule has 1 amide bonds. The Bertz CT molecular complexity index is 411. The van der Waals surface area contributed by atoms with E-state index in [9.17, 15) is 9.90 Å². The minimum Gasteiger partial charge on any atom is -0.504 e. The van der Waals surface area contributed by atoms with Gasteiger partial charge >= 0.3 is 0 Å². The fourth-order valence-electron chi connectivity index (χ4n) is 2.10. The molecule has 1 saturated heterocycles. The highest BCUT2D eigenvalue weighted by atomic mass is 16.3. The number of rotatable bonds is 3. The summed E-state index contributed by atoms with van der Waals surface area (Å²) < 4.78 is 0. The van der Waals surface area contributed by atoms with Crippen molar-refractivity contribution in [1.82, 2.24) is 4.90 Å². The summed E-state index contributed by atoms with van der Waals surface area (Å²) in [6.45, 7) is 1.75. The molecule has 0 atom stereocenters. The molecule has 2 rings (SSSR count). The Hall–Kier alpha value is -1.71. The Balaban J connectivity index is 1.88. The predicted octanol–water partition coefficient (Wildman–Crippen LogP) is 1.65. The van der Waals surface area contributed by atoms with Gasteiger partial charge < -0.3 is 15.1 Å². The summed E-state index contributed by atoms with van der Waals surface area (Å²) in [7, 11) is 0. The SMILES string of the molecule is O=C(CCc1ccc(O)c(O)c1)N1CCCC1. The van der Waals surface area contributed by atoms with E-state index >= 15 is 0 Å². The zero-order chi connectivity index (χ0) is 12.3. The van der Waals surface area contributed by atoms with Crippen LogP contribution in [0.5, 0.6) is 11.5 Å². The predicted molar refractivity (Wildman–Crippen MR) is 63.9 cm³/mol. The number of phenolic OH excluding ortho intramolecular Hbond substituents is 2. The van der Waals surface area contributed by atoms with Crippen LogP contribution in [0, 0.1) is 0 Å².